The Balaban J connectivity index is 0.000000410. The van der Waals surface area contributed by atoms with Gasteiger partial charge in [0.2, 0.25) is 5.91 Å². The summed E-state index contributed by atoms with van der Waals surface area (Å²) in [5.41, 5.74) is 8.20. The number of unbranched alkanes of at least 4 members (excludes halogenated alkanes) is 3. The second-order valence-corrected chi connectivity index (χ2v) is 11.4. The molecule has 0 aliphatic carbocycles. The van der Waals surface area contributed by atoms with E-state index in [-0.39, 0.29) is 17.0 Å². The van der Waals surface area contributed by atoms with Crippen LogP contribution in [0.4, 0.5) is 5.69 Å². The fourth-order valence-corrected chi connectivity index (χ4v) is 5.38. The number of amides is 1. The minimum Gasteiger partial charge on any atom is -0.384 e. The van der Waals surface area contributed by atoms with Crippen LogP contribution in [0.25, 0.3) is 0 Å². The number of nitrogens with two attached hydrogens (primary N) is 1. The highest BCUT2D eigenvalue weighted by Crippen LogP contribution is 2.46. The van der Waals surface area contributed by atoms with E-state index >= 15 is 0 Å². The van der Waals surface area contributed by atoms with Gasteiger partial charge in [0.05, 0.1) is 5.69 Å². The molecule has 0 saturated carbocycles. The van der Waals surface area contributed by atoms with Crippen molar-refractivity contribution in [3.05, 3.63) is 59.7 Å². The number of hydrogen-bond donors (Lipinski definition) is 2. The maximum absolute atomic E-state index is 13.3. The van der Waals surface area contributed by atoms with E-state index < -0.39 is 0 Å². The van der Waals surface area contributed by atoms with E-state index in [1.807, 2.05) is 41.3 Å². The summed E-state index contributed by atoms with van der Waals surface area (Å²) in [4.78, 5) is 16.3. The predicted octanol–water partition coefficient (Wildman–Crippen LogP) is 8.20. The van der Waals surface area contributed by atoms with Gasteiger partial charge in [-0.2, -0.15) is 0 Å². The lowest BCUT2D eigenvalue weighted by molar-refractivity contribution is -0.118. The number of carbonyl (C=O) groups excluding carboxylic acids is 1. The smallest absolute Gasteiger partial charge is 0.245 e. The summed E-state index contributed by atoms with van der Waals surface area (Å²) >= 11 is 1.58. The van der Waals surface area contributed by atoms with Crippen molar-refractivity contribution in [1.82, 2.24) is 0 Å². The number of nitrogens with zero attached hydrogens (tertiary/aromatic N) is 1. The molecule has 1 aliphatic heterocycles. The van der Waals surface area contributed by atoms with Crippen molar-refractivity contribution >= 4 is 29.2 Å². The summed E-state index contributed by atoms with van der Waals surface area (Å²) < 4.78 is 0. The molecule has 1 unspecified atom stereocenters. The number of nitrogens with one attached hydrogen (secondary N) is 1. The van der Waals surface area contributed by atoms with Crippen molar-refractivity contribution in [3.8, 4) is 0 Å². The third-order valence-corrected chi connectivity index (χ3v) is 7.50. The molecule has 5 heteroatoms. The maximum Gasteiger partial charge on any atom is 0.245 e. The average Bonchev–Trinajstić information content (AvgIpc) is 2.82. The fraction of sp³-hybridized carbons (Fsp3) is 0.533. The lowest BCUT2D eigenvalue weighted by atomic mass is 10.0. The zero-order valence-corrected chi connectivity index (χ0v) is 23.2. The van der Waals surface area contributed by atoms with Gasteiger partial charge in [-0.25, -0.2) is 0 Å². The van der Waals surface area contributed by atoms with E-state index in [4.69, 9.17) is 11.1 Å². The van der Waals surface area contributed by atoms with Gasteiger partial charge in [-0.1, -0.05) is 103 Å². The second-order valence-electron chi connectivity index (χ2n) is 10.3. The molecular weight excluding hydrogens is 450 g/mol. The number of para-hydroxylation sites is 1. The Morgan fingerprint density at radius 1 is 0.971 bits per heavy atom. The third-order valence-electron chi connectivity index (χ3n) is 6.19. The molecule has 0 aromatic heterocycles. The van der Waals surface area contributed by atoms with Gasteiger partial charge in [-0.05, 0) is 42.0 Å². The zero-order valence-electron chi connectivity index (χ0n) is 22.3. The van der Waals surface area contributed by atoms with Crippen molar-refractivity contribution in [2.24, 2.45) is 17.6 Å². The summed E-state index contributed by atoms with van der Waals surface area (Å²) in [6.07, 6.45) is 8.74. The molecule has 4 nitrogen and oxygen atoms in total. The molecule has 3 rings (SSSR count). The van der Waals surface area contributed by atoms with Gasteiger partial charge < -0.3 is 10.6 Å². The van der Waals surface area contributed by atoms with Crippen LogP contribution >= 0.6 is 11.8 Å². The van der Waals surface area contributed by atoms with E-state index in [2.05, 4.69) is 40.7 Å². The highest BCUT2D eigenvalue weighted by molar-refractivity contribution is 8.00. The molecule has 192 valence electrons. The number of carbonyl (C=O) groups is 1. The van der Waals surface area contributed by atoms with Crippen molar-refractivity contribution in [2.75, 3.05) is 11.4 Å². The number of benzene rings is 2. The van der Waals surface area contributed by atoms with Crippen molar-refractivity contribution in [3.63, 3.8) is 0 Å². The summed E-state index contributed by atoms with van der Waals surface area (Å²) in [5.74, 6) is 1.93. The summed E-state index contributed by atoms with van der Waals surface area (Å²) in [6.45, 7) is 12.1. The standard InChI is InChI=1S/C21H25N3OS.C9H20/c1-2-3-4-7-13-24-17-11-5-6-12-18(17)26-19(21(24)25)15-9-8-10-16(14-15)20(22)23;1-8(2)6-5-7-9(3)4/h5-6,8-12,14,19H,2-4,7,13H2,1H3,(H3,22,23);8-9H,5-7H2,1-4H3. The minimum absolute atomic E-state index is 0.0249. The summed E-state index contributed by atoms with van der Waals surface area (Å²) in [7, 11) is 0. The van der Waals surface area contributed by atoms with Gasteiger partial charge in [-0.3, -0.25) is 10.2 Å². The largest absolute Gasteiger partial charge is 0.384 e. The first-order chi connectivity index (χ1) is 16.7. The Labute approximate surface area is 217 Å². The van der Waals surface area contributed by atoms with E-state index in [0.29, 0.717) is 5.56 Å². The van der Waals surface area contributed by atoms with Crippen LogP contribution in [-0.2, 0) is 4.79 Å². The average molecular weight is 496 g/mol. The lowest BCUT2D eigenvalue weighted by Crippen LogP contribution is -2.38. The van der Waals surface area contributed by atoms with Gasteiger partial charge >= 0.3 is 0 Å². The van der Waals surface area contributed by atoms with Crippen LogP contribution in [0.2, 0.25) is 0 Å². The number of rotatable bonds is 11. The molecule has 0 fully saturated rings. The predicted molar refractivity (Wildman–Crippen MR) is 153 cm³/mol. The summed E-state index contributed by atoms with van der Waals surface area (Å²) in [5, 5.41) is 7.36. The first kappa shape index (κ1) is 29.0. The second kappa shape index (κ2) is 15.0. The summed E-state index contributed by atoms with van der Waals surface area (Å²) in [6, 6.07) is 15.6. The maximum atomic E-state index is 13.3. The van der Waals surface area contributed by atoms with E-state index in [9.17, 15) is 4.79 Å². The lowest BCUT2D eigenvalue weighted by Gasteiger charge is -2.34. The SMILES string of the molecule is CC(C)CCCC(C)C.CCCCCCN1C(=O)C(c2cccc(C(=N)N)c2)Sc2ccccc21. The van der Waals surface area contributed by atoms with Crippen LogP contribution in [0.5, 0.6) is 0 Å². The first-order valence-electron chi connectivity index (χ1n) is 13.3. The Bertz CT molecular complexity index is 933. The van der Waals surface area contributed by atoms with Gasteiger partial charge in [0.25, 0.3) is 0 Å². The number of thioether (sulfide) groups is 1. The molecule has 0 spiro atoms. The van der Waals surface area contributed by atoms with Gasteiger partial charge in [0, 0.05) is 17.0 Å². The topological polar surface area (TPSA) is 70.2 Å². The van der Waals surface area contributed by atoms with Crippen LogP contribution in [0.1, 0.15) is 95.9 Å². The van der Waals surface area contributed by atoms with E-state index in [0.717, 1.165) is 47.4 Å². The van der Waals surface area contributed by atoms with Crippen LogP contribution in [0.3, 0.4) is 0 Å². The van der Waals surface area contributed by atoms with Gasteiger partial charge in [0.1, 0.15) is 11.1 Å². The number of anilines is 1. The van der Waals surface area contributed by atoms with Crippen molar-refractivity contribution in [2.45, 2.75) is 89.7 Å². The molecule has 0 bridgehead atoms. The Kier molecular flexibility index (Phi) is 12.4. The monoisotopic (exact) mass is 495 g/mol. The third kappa shape index (κ3) is 9.36. The van der Waals surface area contributed by atoms with Crippen LogP contribution in [0.15, 0.2) is 53.4 Å². The molecule has 35 heavy (non-hydrogen) atoms. The molecule has 0 saturated heterocycles. The van der Waals surface area contributed by atoms with Crippen LogP contribution in [0, 0.1) is 17.2 Å². The Morgan fingerprint density at radius 3 is 2.29 bits per heavy atom. The highest BCUT2D eigenvalue weighted by Gasteiger charge is 2.34. The molecule has 1 atom stereocenters. The normalized spacial score (nSPS) is 15.1. The zero-order chi connectivity index (χ0) is 25.8. The number of hydrogen-bond acceptors (Lipinski definition) is 3. The molecule has 3 N–H and O–H groups in total. The highest BCUT2D eigenvalue weighted by atomic mass is 32.2. The molecule has 1 aliphatic rings. The van der Waals surface area contributed by atoms with E-state index in [1.54, 1.807) is 17.8 Å². The number of amidine groups is 1. The molecule has 0 radical (unpaired) electrons. The minimum atomic E-state index is -0.296. The first-order valence-corrected chi connectivity index (χ1v) is 14.1. The molecule has 1 amide bonds. The quantitative estimate of drug-likeness (QED) is 0.187. The Hall–Kier alpha value is -2.27. The number of nitrogen functional groups attached to an aromatic ring is 1. The molecule has 1 heterocycles. The van der Waals surface area contributed by atoms with Crippen LogP contribution in [-0.4, -0.2) is 18.3 Å². The van der Waals surface area contributed by atoms with Gasteiger partial charge in [0.15, 0.2) is 0 Å². The van der Waals surface area contributed by atoms with Crippen LogP contribution < -0.4 is 10.6 Å². The molecule has 2 aromatic rings. The van der Waals surface area contributed by atoms with E-state index in [1.165, 1.54) is 32.1 Å². The molecular formula is C30H45N3OS. The fourth-order valence-electron chi connectivity index (χ4n) is 4.16. The Morgan fingerprint density at radius 2 is 1.66 bits per heavy atom. The van der Waals surface area contributed by atoms with Crippen molar-refractivity contribution in [1.29, 1.82) is 5.41 Å². The van der Waals surface area contributed by atoms with Gasteiger partial charge in [-0.15, -0.1) is 11.8 Å². The molecule has 2 aromatic carbocycles. The van der Waals surface area contributed by atoms with Crippen molar-refractivity contribution < 1.29 is 4.79 Å². The number of fused-ring (bicyclic) bond motifs is 1.